The molecular formula is C24H18FN7O4S2. The smallest absolute Gasteiger partial charge is 0.241 e. The molecule has 38 heavy (non-hydrogen) atoms. The van der Waals surface area contributed by atoms with Crippen molar-refractivity contribution in [2.24, 2.45) is 0 Å². The molecule has 0 aliphatic heterocycles. The molecule has 0 saturated carbocycles. The molecule has 0 spiro atoms. The van der Waals surface area contributed by atoms with E-state index in [2.05, 4.69) is 30.1 Å². The third-order valence-corrected chi connectivity index (χ3v) is 8.11. The lowest BCUT2D eigenvalue weighted by molar-refractivity contribution is 0.574. The van der Waals surface area contributed by atoms with E-state index in [9.17, 15) is 21.2 Å². The van der Waals surface area contributed by atoms with Crippen LogP contribution in [-0.2, 0) is 19.9 Å². The van der Waals surface area contributed by atoms with E-state index in [0.29, 0.717) is 37.6 Å². The largest absolute Gasteiger partial charge is 0.338 e. The molecule has 11 nitrogen and oxygen atoms in total. The number of H-pyrrole nitrogens is 2. The number of pyridine rings is 2. The second-order valence-corrected chi connectivity index (χ2v) is 12.5. The Labute approximate surface area is 215 Å². The molecule has 2 N–H and O–H groups in total. The zero-order valence-electron chi connectivity index (χ0n) is 19.8. The molecule has 14 heteroatoms. The summed E-state index contributed by atoms with van der Waals surface area (Å²) in [6.07, 6.45) is 6.02. The van der Waals surface area contributed by atoms with Crippen LogP contribution in [0.15, 0.2) is 66.2 Å². The van der Waals surface area contributed by atoms with Gasteiger partial charge >= 0.3 is 0 Å². The van der Waals surface area contributed by atoms with E-state index in [4.69, 9.17) is 0 Å². The van der Waals surface area contributed by atoms with E-state index in [-0.39, 0.29) is 11.5 Å². The number of hydrogen-bond acceptors (Lipinski definition) is 8. The van der Waals surface area contributed by atoms with Gasteiger partial charge in [0, 0.05) is 35.0 Å². The number of sulfone groups is 1. The van der Waals surface area contributed by atoms with Gasteiger partial charge < -0.3 is 4.98 Å². The number of fused-ring (bicyclic) bond motifs is 2. The van der Waals surface area contributed by atoms with Gasteiger partial charge in [0.15, 0.2) is 5.65 Å². The van der Waals surface area contributed by atoms with Crippen molar-refractivity contribution in [2.45, 2.75) is 5.16 Å². The Morgan fingerprint density at radius 2 is 1.63 bits per heavy atom. The molecular weight excluding hydrogens is 533 g/mol. The second kappa shape index (κ2) is 8.29. The van der Waals surface area contributed by atoms with Crippen LogP contribution in [0.25, 0.3) is 55.8 Å². The SMILES string of the molecule is CS(=O)(=O)c1ncc(-c2cnc3n[nH]c(-c4cc5c(-c6ccc(F)cc6)ccnc5[nH]4)c3c2)n1S(C)(=O)=O. The van der Waals surface area contributed by atoms with E-state index >= 15 is 0 Å². The van der Waals surface area contributed by atoms with Gasteiger partial charge in [0.05, 0.1) is 29.5 Å². The molecule has 0 saturated heterocycles. The highest BCUT2D eigenvalue weighted by atomic mass is 32.2. The third kappa shape index (κ3) is 3.94. The van der Waals surface area contributed by atoms with E-state index in [1.165, 1.54) is 24.5 Å². The maximum absolute atomic E-state index is 13.5. The number of nitrogens with zero attached hydrogens (tertiary/aromatic N) is 5. The van der Waals surface area contributed by atoms with Crippen molar-refractivity contribution in [1.29, 1.82) is 0 Å². The zero-order valence-corrected chi connectivity index (χ0v) is 21.5. The fourth-order valence-electron chi connectivity index (χ4n) is 4.37. The Balaban J connectivity index is 1.52. The Bertz CT molecular complexity index is 2090. The monoisotopic (exact) mass is 551 g/mol. The minimum atomic E-state index is -4.02. The molecule has 0 aliphatic carbocycles. The van der Waals surface area contributed by atoms with Crippen LogP contribution in [0.5, 0.6) is 0 Å². The number of aromatic amines is 2. The molecule has 0 bridgehead atoms. The van der Waals surface area contributed by atoms with Gasteiger partial charge in [0.25, 0.3) is 0 Å². The molecule has 0 amide bonds. The molecule has 0 radical (unpaired) electrons. The average molecular weight is 552 g/mol. The lowest BCUT2D eigenvalue weighted by Gasteiger charge is -2.08. The number of nitrogens with one attached hydrogen (secondary N) is 2. The maximum atomic E-state index is 13.5. The van der Waals surface area contributed by atoms with Gasteiger partial charge in [-0.25, -0.2) is 40.2 Å². The Hall–Kier alpha value is -4.43. The molecule has 0 atom stereocenters. The van der Waals surface area contributed by atoms with E-state index in [1.54, 1.807) is 24.4 Å². The van der Waals surface area contributed by atoms with Gasteiger partial charge in [-0.15, -0.1) is 0 Å². The highest BCUT2D eigenvalue weighted by molar-refractivity contribution is 7.92. The first kappa shape index (κ1) is 23.9. The highest BCUT2D eigenvalue weighted by Gasteiger charge is 2.26. The molecule has 1 aromatic carbocycles. The molecule has 0 fully saturated rings. The van der Waals surface area contributed by atoms with Crippen LogP contribution < -0.4 is 0 Å². The van der Waals surface area contributed by atoms with Gasteiger partial charge in [-0.3, -0.25) is 5.10 Å². The van der Waals surface area contributed by atoms with E-state index < -0.39 is 25.0 Å². The lowest BCUT2D eigenvalue weighted by atomic mass is 10.0. The molecule has 6 aromatic rings. The summed E-state index contributed by atoms with van der Waals surface area (Å²) >= 11 is 0. The fourth-order valence-corrected chi connectivity index (χ4v) is 6.67. The number of halogens is 1. The van der Waals surface area contributed by atoms with Gasteiger partial charge in [-0.1, -0.05) is 12.1 Å². The third-order valence-electron chi connectivity index (χ3n) is 6.01. The van der Waals surface area contributed by atoms with Crippen LogP contribution in [0, 0.1) is 5.82 Å². The summed E-state index contributed by atoms with van der Waals surface area (Å²) in [4.78, 5) is 15.9. The predicted molar refractivity (Wildman–Crippen MR) is 139 cm³/mol. The molecule has 5 heterocycles. The summed E-state index contributed by atoms with van der Waals surface area (Å²) in [7, 11) is -7.95. The normalized spacial score (nSPS) is 12.5. The van der Waals surface area contributed by atoms with Gasteiger partial charge in [-0.05, 0) is 41.5 Å². The lowest BCUT2D eigenvalue weighted by Crippen LogP contribution is -2.17. The van der Waals surface area contributed by atoms with Gasteiger partial charge in [-0.2, -0.15) is 5.10 Å². The van der Waals surface area contributed by atoms with Crippen molar-refractivity contribution < 1.29 is 21.2 Å². The van der Waals surface area contributed by atoms with Crippen LogP contribution >= 0.6 is 0 Å². The molecule has 192 valence electrons. The number of benzene rings is 1. The van der Waals surface area contributed by atoms with Crippen molar-refractivity contribution in [3.63, 3.8) is 0 Å². The quantitative estimate of drug-likeness (QED) is 0.330. The summed E-state index contributed by atoms with van der Waals surface area (Å²) in [5, 5.41) is 7.97. The highest BCUT2D eigenvalue weighted by Crippen LogP contribution is 2.34. The first-order valence-corrected chi connectivity index (χ1v) is 14.8. The average Bonchev–Trinajstić information content (AvgIpc) is 3.59. The molecule has 0 unspecified atom stereocenters. The van der Waals surface area contributed by atoms with Crippen LogP contribution in [0.1, 0.15) is 0 Å². The minimum Gasteiger partial charge on any atom is -0.338 e. The summed E-state index contributed by atoms with van der Waals surface area (Å²) in [6, 6.07) is 11.5. The number of imidazole rings is 1. The van der Waals surface area contributed by atoms with Crippen molar-refractivity contribution >= 4 is 41.9 Å². The molecule has 5 aromatic heterocycles. The van der Waals surface area contributed by atoms with Crippen LogP contribution in [-0.4, -0.2) is 63.5 Å². The minimum absolute atomic E-state index is 0.0476. The summed E-state index contributed by atoms with van der Waals surface area (Å²) in [5.41, 5.74) is 4.21. The van der Waals surface area contributed by atoms with Crippen molar-refractivity contribution in [1.82, 2.24) is 34.1 Å². The Morgan fingerprint density at radius 1 is 0.868 bits per heavy atom. The van der Waals surface area contributed by atoms with E-state index in [0.717, 1.165) is 29.0 Å². The first-order valence-electron chi connectivity index (χ1n) is 11.1. The summed E-state index contributed by atoms with van der Waals surface area (Å²) < 4.78 is 63.5. The summed E-state index contributed by atoms with van der Waals surface area (Å²) in [5.74, 6) is -0.332. The fraction of sp³-hybridized carbons (Fsp3) is 0.0833. The standard InChI is InChI=1S/C24H18FN7O4S2/c1-37(33,34)24-28-12-20(32(24)38(2,35)36)14-9-18-21(30-31-23(18)27-11-14)19-10-17-16(7-8-26-22(17)29-19)13-3-5-15(25)6-4-13/h3-12H,1-2H3,(H,26,29)(H,27,30,31). The van der Waals surface area contributed by atoms with Gasteiger partial charge in [0.2, 0.25) is 25.0 Å². The molecule has 0 aliphatic rings. The number of rotatable bonds is 5. The number of hydrogen-bond donors (Lipinski definition) is 2. The van der Waals surface area contributed by atoms with Gasteiger partial charge in [0.1, 0.15) is 11.5 Å². The molecule has 6 rings (SSSR count). The first-order chi connectivity index (χ1) is 18.0. The number of aromatic nitrogens is 7. The van der Waals surface area contributed by atoms with E-state index in [1.807, 2.05) is 12.1 Å². The topological polar surface area (TPSA) is 156 Å². The zero-order chi connectivity index (χ0) is 26.8. The van der Waals surface area contributed by atoms with Crippen molar-refractivity contribution in [3.05, 3.63) is 66.9 Å². The second-order valence-electron chi connectivity index (χ2n) is 8.73. The van der Waals surface area contributed by atoms with Crippen LogP contribution in [0.4, 0.5) is 4.39 Å². The Kier molecular flexibility index (Phi) is 5.22. The van der Waals surface area contributed by atoms with Crippen LogP contribution in [0.3, 0.4) is 0 Å². The predicted octanol–water partition coefficient (Wildman–Crippen LogP) is 3.38. The van der Waals surface area contributed by atoms with Crippen molar-refractivity contribution in [3.8, 4) is 33.8 Å². The van der Waals surface area contributed by atoms with Crippen LogP contribution in [0.2, 0.25) is 0 Å². The Morgan fingerprint density at radius 3 is 2.34 bits per heavy atom. The van der Waals surface area contributed by atoms with Crippen molar-refractivity contribution in [2.75, 3.05) is 12.5 Å². The summed E-state index contributed by atoms with van der Waals surface area (Å²) in [6.45, 7) is 0. The maximum Gasteiger partial charge on any atom is 0.241 e.